The van der Waals surface area contributed by atoms with Gasteiger partial charge in [0.25, 0.3) is 0 Å². The van der Waals surface area contributed by atoms with Gasteiger partial charge in [-0.25, -0.2) is 14.2 Å². The van der Waals surface area contributed by atoms with Gasteiger partial charge in [0, 0.05) is 31.7 Å². The molecule has 36 heavy (non-hydrogen) atoms. The Morgan fingerprint density at radius 3 is 2.19 bits per heavy atom. The molecule has 0 atom stereocenters. The van der Waals surface area contributed by atoms with E-state index in [9.17, 15) is 14.0 Å². The molecule has 1 saturated heterocycles. The van der Waals surface area contributed by atoms with Crippen LogP contribution < -0.4 is 4.90 Å². The molecule has 0 spiro atoms. The average Bonchev–Trinajstić information content (AvgIpc) is 3.14. The SMILES string of the molecule is Cc1cc2c(nc(N3CCN(C(=O)OC(C)(C)C)CC3)n2Cc2cc(C)c(F)c(C)c2)c(C=O)c1C. The highest BCUT2D eigenvalue weighted by atomic mass is 19.1. The van der Waals surface area contributed by atoms with Gasteiger partial charge in [-0.1, -0.05) is 12.1 Å². The number of piperazine rings is 1. The Hall–Kier alpha value is -3.42. The average molecular weight is 495 g/mol. The summed E-state index contributed by atoms with van der Waals surface area (Å²) in [4.78, 5) is 33.4. The first-order valence-corrected chi connectivity index (χ1v) is 12.3. The highest BCUT2D eigenvalue weighted by Gasteiger charge is 2.29. The van der Waals surface area contributed by atoms with Crippen molar-refractivity contribution in [3.8, 4) is 0 Å². The molecule has 0 radical (unpaired) electrons. The first kappa shape index (κ1) is 25.7. The fraction of sp³-hybridized carbons (Fsp3) is 0.464. The van der Waals surface area contributed by atoms with Crippen LogP contribution in [0.2, 0.25) is 0 Å². The van der Waals surface area contributed by atoms with Crippen LogP contribution in [0.1, 0.15) is 58.9 Å². The lowest BCUT2D eigenvalue weighted by atomic mass is 10.0. The molecule has 7 nitrogen and oxygen atoms in total. The van der Waals surface area contributed by atoms with Crippen molar-refractivity contribution in [1.82, 2.24) is 14.5 Å². The lowest BCUT2D eigenvalue weighted by Gasteiger charge is -2.36. The van der Waals surface area contributed by atoms with Crippen LogP contribution >= 0.6 is 0 Å². The maximum absolute atomic E-state index is 14.3. The van der Waals surface area contributed by atoms with Crippen molar-refractivity contribution >= 4 is 29.4 Å². The van der Waals surface area contributed by atoms with E-state index in [1.54, 1.807) is 18.7 Å². The number of imidazole rings is 1. The van der Waals surface area contributed by atoms with Crippen molar-refractivity contribution in [2.24, 2.45) is 0 Å². The Labute approximate surface area is 211 Å². The number of carbonyl (C=O) groups excluding carboxylic acids is 2. The molecule has 1 aromatic heterocycles. The highest BCUT2D eigenvalue weighted by Crippen LogP contribution is 2.31. The molecule has 0 bridgehead atoms. The first-order chi connectivity index (χ1) is 16.9. The zero-order valence-electron chi connectivity index (χ0n) is 22.2. The second-order valence-corrected chi connectivity index (χ2v) is 10.7. The third-order valence-electron chi connectivity index (χ3n) is 6.76. The third-order valence-corrected chi connectivity index (χ3v) is 6.76. The Kier molecular flexibility index (Phi) is 6.82. The van der Waals surface area contributed by atoms with E-state index in [0.717, 1.165) is 34.4 Å². The Balaban J connectivity index is 1.73. The highest BCUT2D eigenvalue weighted by molar-refractivity contribution is 5.98. The van der Waals surface area contributed by atoms with E-state index in [1.807, 2.05) is 46.8 Å². The van der Waals surface area contributed by atoms with Gasteiger partial charge in [-0.05, 0) is 82.3 Å². The Bertz CT molecular complexity index is 1310. The largest absolute Gasteiger partial charge is 0.444 e. The van der Waals surface area contributed by atoms with Crippen molar-refractivity contribution in [3.63, 3.8) is 0 Å². The predicted molar refractivity (Wildman–Crippen MR) is 140 cm³/mol. The lowest BCUT2D eigenvalue weighted by Crippen LogP contribution is -2.50. The minimum atomic E-state index is -0.547. The molecule has 0 saturated carbocycles. The van der Waals surface area contributed by atoms with E-state index < -0.39 is 5.60 Å². The fourth-order valence-electron chi connectivity index (χ4n) is 4.77. The second-order valence-electron chi connectivity index (χ2n) is 10.7. The molecule has 8 heteroatoms. The third kappa shape index (κ3) is 4.94. The number of aromatic nitrogens is 2. The van der Waals surface area contributed by atoms with Crippen LogP contribution in [0, 0.1) is 33.5 Å². The smallest absolute Gasteiger partial charge is 0.410 e. The number of amides is 1. The standard InChI is InChI=1S/C28H35FN4O3/c1-17-14-23-25(22(16-34)20(17)4)30-26(33(23)15-21-12-18(2)24(29)19(3)13-21)31-8-10-32(11-9-31)27(35)36-28(5,6)7/h12-14,16H,8-11,15H2,1-7H3. The number of anilines is 1. The Morgan fingerprint density at radius 1 is 1.03 bits per heavy atom. The topological polar surface area (TPSA) is 67.7 Å². The molecule has 1 aliphatic heterocycles. The number of aldehydes is 1. The van der Waals surface area contributed by atoms with Crippen molar-refractivity contribution in [3.05, 3.63) is 57.4 Å². The van der Waals surface area contributed by atoms with Crippen molar-refractivity contribution in [2.75, 3.05) is 31.1 Å². The van der Waals surface area contributed by atoms with Crippen LogP contribution in [-0.2, 0) is 11.3 Å². The summed E-state index contributed by atoms with van der Waals surface area (Å²) in [5.74, 6) is 0.545. The van der Waals surface area contributed by atoms with Crippen LogP contribution in [0.25, 0.3) is 11.0 Å². The van der Waals surface area contributed by atoms with E-state index in [2.05, 4.69) is 15.5 Å². The minimum Gasteiger partial charge on any atom is -0.444 e. The number of carbonyl (C=O) groups is 2. The van der Waals surface area contributed by atoms with Gasteiger partial charge in [0.1, 0.15) is 16.9 Å². The van der Waals surface area contributed by atoms with Gasteiger partial charge in [-0.3, -0.25) is 4.79 Å². The number of hydrogen-bond donors (Lipinski definition) is 0. The second kappa shape index (κ2) is 9.56. The van der Waals surface area contributed by atoms with Gasteiger partial charge in [0.15, 0.2) is 6.29 Å². The fourth-order valence-corrected chi connectivity index (χ4v) is 4.77. The molecule has 1 fully saturated rings. The van der Waals surface area contributed by atoms with Crippen LogP contribution in [0.4, 0.5) is 15.1 Å². The van der Waals surface area contributed by atoms with Gasteiger partial charge in [-0.15, -0.1) is 0 Å². The molecular weight excluding hydrogens is 459 g/mol. The molecule has 3 aromatic rings. The van der Waals surface area contributed by atoms with Crippen molar-refractivity contribution < 1.29 is 18.7 Å². The maximum atomic E-state index is 14.3. The van der Waals surface area contributed by atoms with Crippen LogP contribution in [-0.4, -0.2) is 58.6 Å². The van der Waals surface area contributed by atoms with Gasteiger partial charge in [0.2, 0.25) is 5.95 Å². The number of ether oxygens (including phenoxy) is 1. The zero-order chi connectivity index (χ0) is 26.4. The number of benzene rings is 2. The number of fused-ring (bicyclic) bond motifs is 1. The van der Waals surface area contributed by atoms with Gasteiger partial charge in [-0.2, -0.15) is 0 Å². The Morgan fingerprint density at radius 2 is 1.64 bits per heavy atom. The van der Waals surface area contributed by atoms with E-state index in [1.165, 1.54) is 0 Å². The summed E-state index contributed by atoms with van der Waals surface area (Å²) in [5, 5.41) is 0. The molecule has 1 amide bonds. The molecule has 192 valence electrons. The van der Waals surface area contributed by atoms with Crippen molar-refractivity contribution in [1.29, 1.82) is 0 Å². The molecule has 1 aliphatic rings. The van der Waals surface area contributed by atoms with E-state index in [-0.39, 0.29) is 11.9 Å². The molecule has 0 aliphatic carbocycles. The molecule has 2 aromatic carbocycles. The molecular formula is C28H35FN4O3. The molecule has 4 rings (SSSR count). The number of nitrogens with zero attached hydrogens (tertiary/aromatic N) is 4. The number of rotatable bonds is 4. The van der Waals surface area contributed by atoms with Gasteiger partial charge >= 0.3 is 6.09 Å². The van der Waals surface area contributed by atoms with E-state index in [4.69, 9.17) is 9.72 Å². The monoisotopic (exact) mass is 494 g/mol. The summed E-state index contributed by atoms with van der Waals surface area (Å²) in [5.41, 5.74) is 5.65. The zero-order valence-corrected chi connectivity index (χ0v) is 22.2. The van der Waals surface area contributed by atoms with E-state index >= 15 is 0 Å². The summed E-state index contributed by atoms with van der Waals surface area (Å²) in [7, 11) is 0. The normalized spacial score (nSPS) is 14.4. The first-order valence-electron chi connectivity index (χ1n) is 12.3. The molecule has 0 N–H and O–H groups in total. The number of hydrogen-bond acceptors (Lipinski definition) is 5. The van der Waals surface area contributed by atoms with Crippen molar-refractivity contribution in [2.45, 2.75) is 60.6 Å². The predicted octanol–water partition coefficient (Wildman–Crippen LogP) is 5.33. The summed E-state index contributed by atoms with van der Waals surface area (Å²) < 4.78 is 21.9. The summed E-state index contributed by atoms with van der Waals surface area (Å²) in [6, 6.07) is 5.79. The van der Waals surface area contributed by atoms with Gasteiger partial charge in [0.05, 0.1) is 12.1 Å². The number of aryl methyl sites for hydroxylation is 3. The summed E-state index contributed by atoms with van der Waals surface area (Å²) >= 11 is 0. The summed E-state index contributed by atoms with van der Waals surface area (Å²) in [6.07, 6.45) is 0.556. The van der Waals surface area contributed by atoms with Crippen LogP contribution in [0.15, 0.2) is 18.2 Å². The maximum Gasteiger partial charge on any atom is 0.410 e. The summed E-state index contributed by atoms with van der Waals surface area (Å²) in [6.45, 7) is 15.7. The van der Waals surface area contributed by atoms with Crippen LogP contribution in [0.5, 0.6) is 0 Å². The van der Waals surface area contributed by atoms with Crippen LogP contribution in [0.3, 0.4) is 0 Å². The molecule has 2 heterocycles. The quantitative estimate of drug-likeness (QED) is 0.459. The molecule has 0 unspecified atom stereocenters. The minimum absolute atomic E-state index is 0.192. The van der Waals surface area contributed by atoms with Gasteiger partial charge < -0.3 is 19.1 Å². The van der Waals surface area contributed by atoms with E-state index in [0.29, 0.717) is 54.9 Å². The lowest BCUT2D eigenvalue weighted by molar-refractivity contribution is 0.0240. The number of halogens is 1.